The minimum atomic E-state index is 0.953. The van der Waals surface area contributed by atoms with E-state index in [1.165, 1.54) is 34.2 Å². The van der Waals surface area contributed by atoms with Crippen LogP contribution in [0.3, 0.4) is 0 Å². The summed E-state index contributed by atoms with van der Waals surface area (Å²) < 4.78 is 0. The van der Waals surface area contributed by atoms with E-state index in [9.17, 15) is 0 Å². The van der Waals surface area contributed by atoms with Crippen molar-refractivity contribution in [2.24, 2.45) is 0 Å². The lowest BCUT2D eigenvalue weighted by Crippen LogP contribution is -2.09. The number of hydrogen-bond donors (Lipinski definition) is 1. The Morgan fingerprint density at radius 1 is 1.00 bits per heavy atom. The van der Waals surface area contributed by atoms with Crippen LogP contribution in [0.1, 0.15) is 24.5 Å². The normalized spacial score (nSPS) is 13.5. The molecule has 1 aliphatic carbocycles. The molecule has 0 amide bonds. The molecule has 23 heavy (non-hydrogen) atoms. The summed E-state index contributed by atoms with van der Waals surface area (Å²) in [6, 6.07) is 14.8. The van der Waals surface area contributed by atoms with Crippen molar-refractivity contribution in [1.82, 2.24) is 0 Å². The van der Waals surface area contributed by atoms with Crippen LogP contribution in [0.4, 0.5) is 5.69 Å². The molecule has 0 saturated carbocycles. The van der Waals surface area contributed by atoms with Gasteiger partial charge in [-0.1, -0.05) is 42.5 Å². The summed E-state index contributed by atoms with van der Waals surface area (Å²) in [5, 5.41) is 7.73. The molecule has 0 aromatic heterocycles. The molecule has 2 aromatic rings. The van der Waals surface area contributed by atoms with Gasteiger partial charge in [-0.3, -0.25) is 0 Å². The second kappa shape index (κ2) is 6.25. The first-order valence-electron chi connectivity index (χ1n) is 7.89. The van der Waals surface area contributed by atoms with Gasteiger partial charge in [0.05, 0.1) is 0 Å². The van der Waals surface area contributed by atoms with Crippen molar-refractivity contribution >= 4 is 17.5 Å². The zero-order chi connectivity index (χ0) is 16.4. The Morgan fingerprint density at radius 3 is 2.43 bits per heavy atom. The van der Waals surface area contributed by atoms with Crippen LogP contribution >= 0.6 is 0 Å². The van der Waals surface area contributed by atoms with E-state index >= 15 is 0 Å². The van der Waals surface area contributed by atoms with Gasteiger partial charge in [0.25, 0.3) is 0 Å². The average Bonchev–Trinajstić information content (AvgIpc) is 3.00. The lowest BCUT2D eigenvalue weighted by molar-refractivity contribution is 1.13. The van der Waals surface area contributed by atoms with Gasteiger partial charge in [-0.2, -0.15) is 0 Å². The molecule has 1 aliphatic rings. The average molecular weight is 302 g/mol. The zero-order valence-corrected chi connectivity index (χ0v) is 13.9. The number of rotatable bonds is 4. The molecule has 3 rings (SSSR count). The number of benzene rings is 2. The topological polar surface area (TPSA) is 27.1 Å². The smallest absolute Gasteiger partial charge is 0.0367 e. The van der Waals surface area contributed by atoms with Crippen LogP contribution in [0, 0.1) is 5.41 Å². The molecule has 0 fully saturated rings. The molecule has 1 N–H and O–H groups in total. The minimum Gasteiger partial charge on any atom is -0.378 e. The standard InChI is InChI=1S/C21H22N2/c1-15-7-6-10-18(15)20-12-11-17(23(2)3)13-21(20)19-9-5-4-8-16(19)14-22/h4-9,11-14,22H,10H2,1-3H3. The third-order valence-electron chi connectivity index (χ3n) is 4.42. The van der Waals surface area contributed by atoms with Gasteiger partial charge in [-0.05, 0) is 58.9 Å². The van der Waals surface area contributed by atoms with Gasteiger partial charge in [-0.15, -0.1) is 0 Å². The predicted octanol–water partition coefficient (Wildman–Crippen LogP) is 5.15. The molecule has 0 unspecified atom stereocenters. The molecule has 0 bridgehead atoms. The van der Waals surface area contributed by atoms with Crippen molar-refractivity contribution in [3.63, 3.8) is 0 Å². The Kier molecular flexibility index (Phi) is 4.16. The summed E-state index contributed by atoms with van der Waals surface area (Å²) in [6.45, 7) is 2.17. The van der Waals surface area contributed by atoms with Crippen LogP contribution in [0.5, 0.6) is 0 Å². The Morgan fingerprint density at radius 2 is 1.78 bits per heavy atom. The molecular formula is C21H22N2. The minimum absolute atomic E-state index is 0.953. The van der Waals surface area contributed by atoms with Crippen LogP contribution < -0.4 is 4.90 Å². The third kappa shape index (κ3) is 2.85. The fourth-order valence-electron chi connectivity index (χ4n) is 3.10. The van der Waals surface area contributed by atoms with Crippen molar-refractivity contribution in [2.75, 3.05) is 19.0 Å². The molecule has 2 heteroatoms. The second-order valence-electron chi connectivity index (χ2n) is 6.12. The highest BCUT2D eigenvalue weighted by Crippen LogP contribution is 2.38. The third-order valence-corrected chi connectivity index (χ3v) is 4.42. The van der Waals surface area contributed by atoms with E-state index in [0.717, 1.165) is 17.5 Å². The Labute approximate surface area is 138 Å². The fourth-order valence-corrected chi connectivity index (χ4v) is 3.10. The van der Waals surface area contributed by atoms with Crippen molar-refractivity contribution in [1.29, 1.82) is 5.41 Å². The van der Waals surface area contributed by atoms with Crippen LogP contribution in [0.15, 0.2) is 60.2 Å². The monoisotopic (exact) mass is 302 g/mol. The van der Waals surface area contributed by atoms with Gasteiger partial charge >= 0.3 is 0 Å². The van der Waals surface area contributed by atoms with E-state index in [0.29, 0.717) is 0 Å². The molecule has 0 atom stereocenters. The summed E-state index contributed by atoms with van der Waals surface area (Å²) in [6.07, 6.45) is 6.83. The summed E-state index contributed by atoms with van der Waals surface area (Å²) in [7, 11) is 4.12. The van der Waals surface area contributed by atoms with Crippen molar-refractivity contribution in [3.8, 4) is 11.1 Å². The summed E-state index contributed by atoms with van der Waals surface area (Å²) in [5.41, 5.74) is 8.43. The number of nitrogens with one attached hydrogen (secondary N) is 1. The Bertz CT molecular complexity index is 810. The van der Waals surface area contributed by atoms with Crippen molar-refractivity contribution in [3.05, 3.63) is 71.3 Å². The molecule has 0 radical (unpaired) electrons. The highest BCUT2D eigenvalue weighted by atomic mass is 15.1. The molecular weight excluding hydrogens is 280 g/mol. The van der Waals surface area contributed by atoms with Gasteiger partial charge in [0, 0.05) is 26.0 Å². The second-order valence-corrected chi connectivity index (χ2v) is 6.12. The molecule has 0 spiro atoms. The van der Waals surface area contributed by atoms with Crippen molar-refractivity contribution in [2.45, 2.75) is 13.3 Å². The maximum Gasteiger partial charge on any atom is 0.0367 e. The van der Waals surface area contributed by atoms with Gasteiger partial charge in [0.2, 0.25) is 0 Å². The van der Waals surface area contributed by atoms with E-state index in [2.05, 4.69) is 62.3 Å². The van der Waals surface area contributed by atoms with Crippen LogP contribution in [0.2, 0.25) is 0 Å². The quantitative estimate of drug-likeness (QED) is 0.777. The van der Waals surface area contributed by atoms with E-state index in [1.54, 1.807) is 0 Å². The lowest BCUT2D eigenvalue weighted by atomic mass is 9.90. The zero-order valence-electron chi connectivity index (χ0n) is 13.9. The summed E-state index contributed by atoms with van der Waals surface area (Å²) in [4.78, 5) is 2.12. The predicted molar refractivity (Wildman–Crippen MR) is 100 cm³/mol. The molecule has 0 saturated heterocycles. The van der Waals surface area contributed by atoms with Crippen molar-refractivity contribution < 1.29 is 0 Å². The van der Waals surface area contributed by atoms with E-state index in [-0.39, 0.29) is 0 Å². The highest BCUT2D eigenvalue weighted by Gasteiger charge is 2.16. The fraction of sp³-hybridized carbons (Fsp3) is 0.190. The van der Waals surface area contributed by atoms with E-state index in [4.69, 9.17) is 5.41 Å². The first-order valence-corrected chi connectivity index (χ1v) is 7.89. The van der Waals surface area contributed by atoms with Crippen LogP contribution in [0.25, 0.3) is 16.7 Å². The SMILES string of the molecule is CC1=C(c2ccc(N(C)C)cc2-c2ccccc2C=N)CC=C1. The first-order chi connectivity index (χ1) is 11.1. The van der Waals surface area contributed by atoms with E-state index in [1.807, 2.05) is 18.2 Å². The highest BCUT2D eigenvalue weighted by molar-refractivity contribution is 5.94. The number of anilines is 1. The molecule has 0 aliphatic heterocycles. The van der Waals surface area contributed by atoms with Crippen LogP contribution in [-0.4, -0.2) is 20.3 Å². The van der Waals surface area contributed by atoms with Crippen LogP contribution in [-0.2, 0) is 0 Å². The molecule has 0 heterocycles. The molecule has 116 valence electrons. The lowest BCUT2D eigenvalue weighted by Gasteiger charge is -2.19. The molecule has 2 nitrogen and oxygen atoms in total. The Balaban J connectivity index is 2.26. The first kappa shape index (κ1) is 15.3. The molecule has 2 aromatic carbocycles. The maximum atomic E-state index is 7.73. The summed E-state index contributed by atoms with van der Waals surface area (Å²) >= 11 is 0. The summed E-state index contributed by atoms with van der Waals surface area (Å²) in [5.74, 6) is 0. The van der Waals surface area contributed by atoms with E-state index < -0.39 is 0 Å². The number of nitrogens with zero attached hydrogens (tertiary/aromatic N) is 1. The van der Waals surface area contributed by atoms with Gasteiger partial charge in [0.1, 0.15) is 0 Å². The Hall–Kier alpha value is -2.61. The van der Waals surface area contributed by atoms with Gasteiger partial charge in [0.15, 0.2) is 0 Å². The largest absolute Gasteiger partial charge is 0.378 e. The van der Waals surface area contributed by atoms with Gasteiger partial charge in [-0.25, -0.2) is 0 Å². The maximum absolute atomic E-state index is 7.73. The van der Waals surface area contributed by atoms with Gasteiger partial charge < -0.3 is 10.3 Å². The number of allylic oxidation sites excluding steroid dienone is 4. The number of hydrogen-bond acceptors (Lipinski definition) is 2.